The molecule has 1 aromatic rings. The van der Waals surface area contributed by atoms with Gasteiger partial charge in [-0.05, 0) is 31.5 Å². The number of fused-ring (bicyclic) bond motifs is 2. The normalized spacial score (nSPS) is 28.5. The van der Waals surface area contributed by atoms with Crippen molar-refractivity contribution in [1.29, 1.82) is 0 Å². The molecule has 2 heterocycles. The predicted molar refractivity (Wildman–Crippen MR) is 102 cm³/mol. The zero-order valence-corrected chi connectivity index (χ0v) is 16.4. The fraction of sp³-hybridized carbons (Fsp3) is 0.600. The number of hydrogen-bond acceptors (Lipinski definition) is 6. The van der Waals surface area contributed by atoms with Gasteiger partial charge in [0.25, 0.3) is 5.69 Å². The van der Waals surface area contributed by atoms with Crippen molar-refractivity contribution in [3.05, 3.63) is 33.4 Å². The van der Waals surface area contributed by atoms with Gasteiger partial charge >= 0.3 is 5.97 Å². The highest BCUT2D eigenvalue weighted by atomic mass is 16.6. The average molecular weight is 387 g/mol. The predicted octanol–water partition coefficient (Wildman–Crippen LogP) is 2.42. The van der Waals surface area contributed by atoms with Gasteiger partial charge in [0.05, 0.1) is 11.5 Å². The number of rotatable bonds is 3. The number of piperidine rings is 1. The van der Waals surface area contributed by atoms with Crippen LogP contribution < -0.4 is 4.90 Å². The van der Waals surface area contributed by atoms with Gasteiger partial charge in [-0.3, -0.25) is 19.7 Å². The van der Waals surface area contributed by atoms with Gasteiger partial charge in [0.15, 0.2) is 0 Å². The molecule has 1 saturated heterocycles. The molecule has 0 radical (unpaired) electrons. The molecule has 0 spiro atoms. The van der Waals surface area contributed by atoms with E-state index in [4.69, 9.17) is 4.74 Å². The molecule has 4 atom stereocenters. The molecule has 8 nitrogen and oxygen atoms in total. The van der Waals surface area contributed by atoms with Crippen LogP contribution in [0.4, 0.5) is 11.4 Å². The molecule has 1 aromatic carbocycles. The zero-order valence-electron chi connectivity index (χ0n) is 16.4. The Bertz CT molecular complexity index is 854. The molecular weight excluding hydrogens is 362 g/mol. The quantitative estimate of drug-likeness (QED) is 0.449. The van der Waals surface area contributed by atoms with Crippen molar-refractivity contribution in [1.82, 2.24) is 4.90 Å². The molecule has 0 bridgehead atoms. The molecular formula is C20H25N3O5. The van der Waals surface area contributed by atoms with E-state index in [0.29, 0.717) is 13.2 Å². The Morgan fingerprint density at radius 1 is 1.21 bits per heavy atom. The Morgan fingerprint density at radius 3 is 2.61 bits per heavy atom. The second kappa shape index (κ2) is 6.84. The van der Waals surface area contributed by atoms with E-state index in [1.807, 2.05) is 7.05 Å². The van der Waals surface area contributed by atoms with E-state index in [9.17, 15) is 19.7 Å². The average Bonchev–Trinajstić information content (AvgIpc) is 3.00. The smallest absolute Gasteiger partial charge is 0.302 e. The summed E-state index contributed by atoms with van der Waals surface area (Å²) >= 11 is 0. The maximum atomic E-state index is 12.1. The number of carbonyl (C=O) groups is 2. The third-order valence-corrected chi connectivity index (χ3v) is 6.50. The summed E-state index contributed by atoms with van der Waals surface area (Å²) in [6.07, 6.45) is 1.62. The second-order valence-corrected chi connectivity index (χ2v) is 8.27. The van der Waals surface area contributed by atoms with E-state index in [1.54, 1.807) is 24.0 Å². The number of likely N-dealkylation sites (N-methyl/N-ethyl adjacent to an activating group) is 1. The number of anilines is 1. The standard InChI is InChI=1S/C20H25N3O5/c1-11(24)22-9-14-7-18-15(6-13(8-21(18)3)10-28-12(2)25)20-17(23(26)27)5-4-16(22)19(14)20/h4-5,13-15,18H,6-10H2,1-3H3/t13?,14?,15-,18+/m0/s1. The molecule has 0 aromatic heterocycles. The van der Waals surface area contributed by atoms with Gasteiger partial charge in [-0.15, -0.1) is 0 Å². The van der Waals surface area contributed by atoms with Crippen LogP contribution in [0.5, 0.6) is 0 Å². The number of carbonyl (C=O) groups excluding carboxylic acids is 2. The van der Waals surface area contributed by atoms with Gasteiger partial charge in [0.1, 0.15) is 0 Å². The highest BCUT2D eigenvalue weighted by Gasteiger charge is 2.49. The van der Waals surface area contributed by atoms with Crippen LogP contribution in [0.25, 0.3) is 0 Å². The first-order valence-electron chi connectivity index (χ1n) is 9.70. The van der Waals surface area contributed by atoms with Crippen molar-refractivity contribution < 1.29 is 19.2 Å². The van der Waals surface area contributed by atoms with E-state index in [-0.39, 0.29) is 46.3 Å². The largest absolute Gasteiger partial charge is 0.466 e. The van der Waals surface area contributed by atoms with Crippen molar-refractivity contribution in [3.63, 3.8) is 0 Å². The molecule has 0 saturated carbocycles. The summed E-state index contributed by atoms with van der Waals surface area (Å²) in [5.74, 6) is -0.0838. The van der Waals surface area contributed by atoms with Crippen LogP contribution in [0.3, 0.4) is 0 Å². The molecule has 2 aliphatic heterocycles. The summed E-state index contributed by atoms with van der Waals surface area (Å²) in [4.78, 5) is 38.9. The first-order chi connectivity index (χ1) is 13.3. The van der Waals surface area contributed by atoms with Crippen molar-refractivity contribution in [2.75, 3.05) is 31.6 Å². The van der Waals surface area contributed by atoms with Crippen molar-refractivity contribution in [3.8, 4) is 0 Å². The van der Waals surface area contributed by atoms with Gasteiger partial charge < -0.3 is 14.5 Å². The van der Waals surface area contributed by atoms with Crippen molar-refractivity contribution >= 4 is 23.3 Å². The van der Waals surface area contributed by atoms with Gasteiger partial charge in [-0.25, -0.2) is 0 Å². The van der Waals surface area contributed by atoms with Crippen LogP contribution in [0, 0.1) is 16.0 Å². The van der Waals surface area contributed by atoms with Gasteiger partial charge in [0.2, 0.25) is 5.91 Å². The fourth-order valence-corrected chi connectivity index (χ4v) is 5.47. The summed E-state index contributed by atoms with van der Waals surface area (Å²) in [6.45, 7) is 4.65. The zero-order chi connectivity index (χ0) is 20.2. The molecule has 1 aliphatic carbocycles. The lowest BCUT2D eigenvalue weighted by molar-refractivity contribution is -0.386. The lowest BCUT2D eigenvalue weighted by Crippen LogP contribution is -2.49. The third kappa shape index (κ3) is 2.96. The van der Waals surface area contributed by atoms with Crippen LogP contribution in [0.1, 0.15) is 49.7 Å². The van der Waals surface area contributed by atoms with Crippen LogP contribution in [-0.2, 0) is 14.3 Å². The SMILES string of the molecule is CC(=O)OCC1C[C@@H]2c3c([N+](=O)[O-])ccc4c3C(C[C@H]2N(C)C1)CN4C(C)=O. The lowest BCUT2D eigenvalue weighted by atomic mass is 9.68. The molecule has 28 heavy (non-hydrogen) atoms. The molecule has 8 heteroatoms. The Kier molecular flexibility index (Phi) is 4.61. The fourth-order valence-electron chi connectivity index (χ4n) is 5.47. The number of esters is 1. The first kappa shape index (κ1) is 18.9. The topological polar surface area (TPSA) is 93.0 Å². The number of likely N-dealkylation sites (tertiary alicyclic amines) is 1. The number of amides is 1. The van der Waals surface area contributed by atoms with Crippen LogP contribution in [-0.4, -0.2) is 54.5 Å². The molecule has 4 rings (SSSR count). The summed E-state index contributed by atoms with van der Waals surface area (Å²) in [7, 11) is 2.04. The van der Waals surface area contributed by atoms with E-state index in [2.05, 4.69) is 4.90 Å². The number of hydrogen-bond donors (Lipinski definition) is 0. The maximum Gasteiger partial charge on any atom is 0.302 e. The molecule has 3 aliphatic rings. The van der Waals surface area contributed by atoms with E-state index in [1.165, 1.54) is 6.92 Å². The molecule has 150 valence electrons. The second-order valence-electron chi connectivity index (χ2n) is 8.27. The van der Waals surface area contributed by atoms with E-state index < -0.39 is 0 Å². The highest BCUT2D eigenvalue weighted by Crippen LogP contribution is 2.55. The number of ether oxygens (including phenoxy) is 1. The first-order valence-corrected chi connectivity index (χ1v) is 9.70. The summed E-state index contributed by atoms with van der Waals surface area (Å²) in [5, 5.41) is 11.8. The van der Waals surface area contributed by atoms with Crippen molar-refractivity contribution in [2.24, 2.45) is 5.92 Å². The third-order valence-electron chi connectivity index (χ3n) is 6.50. The Labute approximate surface area is 163 Å². The minimum absolute atomic E-state index is 0.00202. The van der Waals surface area contributed by atoms with E-state index in [0.717, 1.165) is 36.2 Å². The number of nitro groups is 1. The van der Waals surface area contributed by atoms with Crippen molar-refractivity contribution in [2.45, 2.75) is 44.6 Å². The van der Waals surface area contributed by atoms with Crippen LogP contribution >= 0.6 is 0 Å². The molecule has 0 N–H and O–H groups in total. The monoisotopic (exact) mass is 387 g/mol. The Morgan fingerprint density at radius 2 is 1.96 bits per heavy atom. The highest BCUT2D eigenvalue weighted by molar-refractivity contribution is 5.95. The molecule has 2 unspecified atom stereocenters. The number of nitrogens with zero attached hydrogens (tertiary/aromatic N) is 3. The van der Waals surface area contributed by atoms with Crippen LogP contribution in [0.2, 0.25) is 0 Å². The van der Waals surface area contributed by atoms with Gasteiger partial charge in [-0.1, -0.05) is 0 Å². The minimum atomic E-state index is -0.308. The Hall–Kier alpha value is -2.48. The molecule has 1 fully saturated rings. The maximum absolute atomic E-state index is 12.1. The van der Waals surface area contributed by atoms with Crippen LogP contribution in [0.15, 0.2) is 12.1 Å². The summed E-state index contributed by atoms with van der Waals surface area (Å²) < 4.78 is 5.23. The number of nitro benzene ring substituents is 1. The molecule has 1 amide bonds. The Balaban J connectivity index is 1.78. The lowest BCUT2D eigenvalue weighted by Gasteiger charge is -2.47. The summed E-state index contributed by atoms with van der Waals surface area (Å²) in [6, 6.07) is 3.46. The van der Waals surface area contributed by atoms with E-state index >= 15 is 0 Å². The minimum Gasteiger partial charge on any atom is -0.466 e. The van der Waals surface area contributed by atoms with Gasteiger partial charge in [-0.2, -0.15) is 0 Å². The number of benzene rings is 1. The summed E-state index contributed by atoms with van der Waals surface area (Å²) in [5.41, 5.74) is 2.73. The van der Waals surface area contributed by atoms with Gasteiger partial charge in [0, 0.05) is 68.0 Å².